The number of halogens is 3. The van der Waals surface area contributed by atoms with Crippen molar-refractivity contribution in [2.75, 3.05) is 6.54 Å². The maximum Gasteiger partial charge on any atom is 0.124 e. The summed E-state index contributed by atoms with van der Waals surface area (Å²) >= 11 is 11.3. The van der Waals surface area contributed by atoms with Crippen molar-refractivity contribution in [3.8, 4) is 0 Å². The second kappa shape index (κ2) is 6.84. The molecule has 2 rings (SSSR count). The third-order valence-corrected chi connectivity index (χ3v) is 4.92. The molecule has 0 fully saturated rings. The monoisotopic (exact) mass is 361 g/mol. The number of likely N-dealkylation sites (N-methyl/N-ethyl adjacent to an activating group) is 1. The molecule has 19 heavy (non-hydrogen) atoms. The van der Waals surface area contributed by atoms with Gasteiger partial charge in [-0.05, 0) is 58.7 Å². The Labute approximate surface area is 129 Å². The molecule has 0 aliphatic heterocycles. The fourth-order valence-electron chi connectivity index (χ4n) is 1.94. The standard InChI is InChI=1S/C14H14BrClFNS/c1-2-18-12(13-5-6-14(15)19-13)7-9-3-4-10(17)8-11(9)16/h3-6,8,12,18H,2,7H2,1H3. The third-order valence-electron chi connectivity index (χ3n) is 2.83. The molecule has 0 saturated heterocycles. The van der Waals surface area contributed by atoms with Gasteiger partial charge in [0.1, 0.15) is 5.82 Å². The Morgan fingerprint density at radius 2 is 2.16 bits per heavy atom. The highest BCUT2D eigenvalue weighted by Crippen LogP contribution is 2.31. The van der Waals surface area contributed by atoms with Crippen LogP contribution in [0, 0.1) is 5.82 Å². The Bertz CT molecular complexity index is 558. The van der Waals surface area contributed by atoms with E-state index in [9.17, 15) is 4.39 Å². The highest BCUT2D eigenvalue weighted by molar-refractivity contribution is 9.11. The highest BCUT2D eigenvalue weighted by Gasteiger charge is 2.15. The number of nitrogens with one attached hydrogen (secondary N) is 1. The van der Waals surface area contributed by atoms with Gasteiger partial charge in [-0.15, -0.1) is 11.3 Å². The molecule has 102 valence electrons. The molecule has 1 unspecified atom stereocenters. The van der Waals surface area contributed by atoms with E-state index in [4.69, 9.17) is 11.6 Å². The molecule has 1 aromatic carbocycles. The van der Waals surface area contributed by atoms with E-state index in [1.54, 1.807) is 17.4 Å². The molecule has 0 saturated carbocycles. The van der Waals surface area contributed by atoms with Crippen LogP contribution in [0.15, 0.2) is 34.1 Å². The smallest absolute Gasteiger partial charge is 0.124 e. The van der Waals surface area contributed by atoms with Gasteiger partial charge in [-0.1, -0.05) is 24.6 Å². The maximum absolute atomic E-state index is 13.1. The fraction of sp³-hybridized carbons (Fsp3) is 0.286. The third kappa shape index (κ3) is 4.02. The average molecular weight is 363 g/mol. The minimum Gasteiger partial charge on any atom is -0.309 e. The largest absolute Gasteiger partial charge is 0.309 e. The van der Waals surface area contributed by atoms with Crippen molar-refractivity contribution in [2.45, 2.75) is 19.4 Å². The summed E-state index contributed by atoms with van der Waals surface area (Å²) in [5.74, 6) is -0.299. The summed E-state index contributed by atoms with van der Waals surface area (Å²) in [4.78, 5) is 1.24. The number of hydrogen-bond acceptors (Lipinski definition) is 2. The Hall–Kier alpha value is -0.420. The molecular weight excluding hydrogens is 349 g/mol. The zero-order chi connectivity index (χ0) is 13.8. The zero-order valence-corrected chi connectivity index (χ0v) is 13.6. The van der Waals surface area contributed by atoms with Crippen molar-refractivity contribution in [1.29, 1.82) is 0 Å². The van der Waals surface area contributed by atoms with Crippen LogP contribution < -0.4 is 5.32 Å². The normalized spacial score (nSPS) is 12.6. The van der Waals surface area contributed by atoms with E-state index >= 15 is 0 Å². The first-order valence-corrected chi connectivity index (χ1v) is 8.01. The molecule has 2 aromatic rings. The summed E-state index contributed by atoms with van der Waals surface area (Å²) in [6, 6.07) is 8.91. The van der Waals surface area contributed by atoms with Crippen LogP contribution in [-0.2, 0) is 6.42 Å². The van der Waals surface area contributed by atoms with E-state index in [1.807, 2.05) is 6.07 Å². The molecule has 1 N–H and O–H groups in total. The zero-order valence-electron chi connectivity index (χ0n) is 10.4. The summed E-state index contributed by atoms with van der Waals surface area (Å²) in [7, 11) is 0. The van der Waals surface area contributed by atoms with E-state index in [2.05, 4.69) is 34.2 Å². The van der Waals surface area contributed by atoms with Crippen LogP contribution >= 0.6 is 38.9 Å². The predicted molar refractivity (Wildman–Crippen MR) is 83.6 cm³/mol. The van der Waals surface area contributed by atoms with Gasteiger partial charge >= 0.3 is 0 Å². The molecule has 1 aromatic heterocycles. The summed E-state index contributed by atoms with van der Waals surface area (Å²) in [6.07, 6.45) is 0.750. The molecule has 0 radical (unpaired) electrons. The van der Waals surface area contributed by atoms with E-state index in [-0.39, 0.29) is 11.9 Å². The molecular formula is C14H14BrClFNS. The van der Waals surface area contributed by atoms with Gasteiger partial charge in [0.2, 0.25) is 0 Å². The highest BCUT2D eigenvalue weighted by atomic mass is 79.9. The van der Waals surface area contributed by atoms with Crippen molar-refractivity contribution >= 4 is 38.9 Å². The minimum absolute atomic E-state index is 0.198. The Morgan fingerprint density at radius 3 is 2.74 bits per heavy atom. The SMILES string of the molecule is CCNC(Cc1ccc(F)cc1Cl)c1ccc(Br)s1. The molecule has 0 spiro atoms. The van der Waals surface area contributed by atoms with Crippen LogP contribution in [0.4, 0.5) is 4.39 Å². The molecule has 5 heteroatoms. The topological polar surface area (TPSA) is 12.0 Å². The lowest BCUT2D eigenvalue weighted by Gasteiger charge is -2.17. The van der Waals surface area contributed by atoms with E-state index in [0.717, 1.165) is 22.3 Å². The molecule has 1 nitrogen and oxygen atoms in total. The lowest BCUT2D eigenvalue weighted by atomic mass is 10.0. The van der Waals surface area contributed by atoms with Gasteiger partial charge < -0.3 is 5.32 Å². The van der Waals surface area contributed by atoms with E-state index in [0.29, 0.717) is 5.02 Å². The van der Waals surface area contributed by atoms with E-state index in [1.165, 1.54) is 17.0 Å². The summed E-state index contributed by atoms with van der Waals surface area (Å²) in [6.45, 7) is 2.95. The van der Waals surface area contributed by atoms with Gasteiger partial charge in [0.05, 0.1) is 3.79 Å². The van der Waals surface area contributed by atoms with Crippen molar-refractivity contribution in [3.05, 3.63) is 55.4 Å². The van der Waals surface area contributed by atoms with Crippen molar-refractivity contribution in [3.63, 3.8) is 0 Å². The molecule has 1 heterocycles. The van der Waals surface area contributed by atoms with Crippen LogP contribution in [0.25, 0.3) is 0 Å². The predicted octanol–water partition coefficient (Wildman–Crippen LogP) is 5.20. The Kier molecular flexibility index (Phi) is 5.39. The minimum atomic E-state index is -0.299. The van der Waals surface area contributed by atoms with Gasteiger partial charge in [-0.3, -0.25) is 0 Å². The van der Waals surface area contributed by atoms with Gasteiger partial charge in [0.25, 0.3) is 0 Å². The molecule has 0 bridgehead atoms. The van der Waals surface area contributed by atoms with Crippen LogP contribution in [0.5, 0.6) is 0 Å². The lowest BCUT2D eigenvalue weighted by Crippen LogP contribution is -2.22. The second-order valence-corrected chi connectivity index (χ2v) is 7.09. The average Bonchev–Trinajstić information content (AvgIpc) is 2.78. The first-order chi connectivity index (χ1) is 9.10. The summed E-state index contributed by atoms with van der Waals surface area (Å²) in [5, 5.41) is 3.92. The van der Waals surface area contributed by atoms with Crippen molar-refractivity contribution < 1.29 is 4.39 Å². The maximum atomic E-state index is 13.1. The van der Waals surface area contributed by atoms with Crippen LogP contribution in [0.2, 0.25) is 5.02 Å². The molecule has 0 amide bonds. The quantitative estimate of drug-likeness (QED) is 0.771. The number of hydrogen-bond donors (Lipinski definition) is 1. The van der Waals surface area contributed by atoms with E-state index < -0.39 is 0 Å². The van der Waals surface area contributed by atoms with Crippen LogP contribution in [-0.4, -0.2) is 6.54 Å². The number of benzene rings is 1. The van der Waals surface area contributed by atoms with Gasteiger partial charge in [0.15, 0.2) is 0 Å². The van der Waals surface area contributed by atoms with Crippen molar-refractivity contribution in [2.24, 2.45) is 0 Å². The second-order valence-electron chi connectivity index (χ2n) is 4.19. The van der Waals surface area contributed by atoms with Crippen LogP contribution in [0.3, 0.4) is 0 Å². The van der Waals surface area contributed by atoms with Gasteiger partial charge in [0, 0.05) is 15.9 Å². The first-order valence-electron chi connectivity index (χ1n) is 6.02. The number of rotatable bonds is 5. The fourth-order valence-corrected chi connectivity index (χ4v) is 3.69. The molecule has 0 aliphatic carbocycles. The number of thiophene rings is 1. The van der Waals surface area contributed by atoms with Crippen molar-refractivity contribution in [1.82, 2.24) is 5.32 Å². The van der Waals surface area contributed by atoms with Gasteiger partial charge in [-0.2, -0.15) is 0 Å². The Balaban J connectivity index is 2.21. The Morgan fingerprint density at radius 1 is 1.37 bits per heavy atom. The van der Waals surface area contributed by atoms with Gasteiger partial charge in [-0.25, -0.2) is 4.39 Å². The first kappa shape index (κ1) is 15.0. The summed E-state index contributed by atoms with van der Waals surface area (Å²) in [5.41, 5.74) is 0.957. The molecule has 1 atom stereocenters. The van der Waals surface area contributed by atoms with Crippen LogP contribution in [0.1, 0.15) is 23.4 Å². The summed E-state index contributed by atoms with van der Waals surface area (Å²) < 4.78 is 14.2. The lowest BCUT2D eigenvalue weighted by molar-refractivity contribution is 0.557. The molecule has 0 aliphatic rings.